The third kappa shape index (κ3) is 3.32. The molecule has 18 heavy (non-hydrogen) atoms. The summed E-state index contributed by atoms with van der Waals surface area (Å²) in [7, 11) is 1.91. The van der Waals surface area contributed by atoms with Crippen LogP contribution in [0.4, 0.5) is 0 Å². The zero-order valence-corrected chi connectivity index (χ0v) is 10.4. The van der Waals surface area contributed by atoms with E-state index in [1.165, 1.54) is 5.56 Å². The Labute approximate surface area is 107 Å². The molecule has 94 valence electrons. The van der Waals surface area contributed by atoms with Crippen molar-refractivity contribution in [1.82, 2.24) is 5.32 Å². The summed E-state index contributed by atoms with van der Waals surface area (Å²) in [6, 6.07) is 15.4. The van der Waals surface area contributed by atoms with Crippen molar-refractivity contribution in [3.63, 3.8) is 0 Å². The largest absolute Gasteiger partial charge is 0.457 e. The highest BCUT2D eigenvalue weighted by molar-refractivity contribution is 5.35. The first-order chi connectivity index (χ1) is 8.81. The van der Waals surface area contributed by atoms with Crippen molar-refractivity contribution in [3.05, 3.63) is 59.7 Å². The zero-order valence-electron chi connectivity index (χ0n) is 10.4. The molecule has 0 atom stereocenters. The molecule has 3 heteroatoms. The molecular formula is C15H17NO2. The fraction of sp³-hybridized carbons (Fsp3) is 0.200. The monoisotopic (exact) mass is 243 g/mol. The third-order valence-electron chi connectivity index (χ3n) is 2.60. The second-order valence-electron chi connectivity index (χ2n) is 4.09. The normalized spacial score (nSPS) is 10.3. The smallest absolute Gasteiger partial charge is 0.127 e. The first kappa shape index (κ1) is 12.6. The summed E-state index contributed by atoms with van der Waals surface area (Å²) >= 11 is 0. The number of aliphatic hydroxyl groups is 1. The van der Waals surface area contributed by atoms with Crippen molar-refractivity contribution in [2.24, 2.45) is 0 Å². The van der Waals surface area contributed by atoms with Crippen LogP contribution in [0.3, 0.4) is 0 Å². The van der Waals surface area contributed by atoms with E-state index in [-0.39, 0.29) is 6.61 Å². The molecule has 0 aliphatic rings. The Morgan fingerprint density at radius 2 is 1.61 bits per heavy atom. The Morgan fingerprint density at radius 1 is 1.00 bits per heavy atom. The van der Waals surface area contributed by atoms with Gasteiger partial charge in [0.2, 0.25) is 0 Å². The molecule has 0 aliphatic heterocycles. The fourth-order valence-corrected chi connectivity index (χ4v) is 1.77. The fourth-order valence-electron chi connectivity index (χ4n) is 1.77. The number of rotatable bonds is 5. The average Bonchev–Trinajstić information content (AvgIpc) is 2.40. The summed E-state index contributed by atoms with van der Waals surface area (Å²) in [5.41, 5.74) is 2.02. The maximum atomic E-state index is 9.08. The van der Waals surface area contributed by atoms with Crippen LogP contribution in [0.15, 0.2) is 48.5 Å². The van der Waals surface area contributed by atoms with Gasteiger partial charge in [-0.2, -0.15) is 0 Å². The van der Waals surface area contributed by atoms with Crippen LogP contribution in [0.2, 0.25) is 0 Å². The highest BCUT2D eigenvalue weighted by Gasteiger charge is 2.00. The van der Waals surface area contributed by atoms with Gasteiger partial charge in [-0.15, -0.1) is 0 Å². The Balaban J connectivity index is 2.14. The van der Waals surface area contributed by atoms with E-state index in [1.807, 2.05) is 55.6 Å². The van der Waals surface area contributed by atoms with Gasteiger partial charge in [0.1, 0.15) is 11.5 Å². The van der Waals surface area contributed by atoms with Gasteiger partial charge in [0.05, 0.1) is 6.61 Å². The molecule has 2 N–H and O–H groups in total. The minimum Gasteiger partial charge on any atom is -0.457 e. The van der Waals surface area contributed by atoms with Crippen molar-refractivity contribution in [1.29, 1.82) is 0 Å². The highest BCUT2D eigenvalue weighted by atomic mass is 16.5. The van der Waals surface area contributed by atoms with Crippen LogP contribution in [-0.4, -0.2) is 12.2 Å². The Morgan fingerprint density at radius 3 is 2.22 bits per heavy atom. The molecule has 3 nitrogen and oxygen atoms in total. The molecular weight excluding hydrogens is 226 g/mol. The highest BCUT2D eigenvalue weighted by Crippen LogP contribution is 2.23. The lowest BCUT2D eigenvalue weighted by molar-refractivity contribution is 0.281. The van der Waals surface area contributed by atoms with Crippen LogP contribution in [0.25, 0.3) is 0 Å². The van der Waals surface area contributed by atoms with Gasteiger partial charge in [-0.25, -0.2) is 0 Å². The predicted octanol–water partition coefficient (Wildman–Crippen LogP) is 2.69. The number of hydrogen-bond donors (Lipinski definition) is 2. The van der Waals surface area contributed by atoms with Crippen LogP contribution in [-0.2, 0) is 13.2 Å². The molecule has 0 spiro atoms. The standard InChI is InChI=1S/C15H17NO2/c1-16-10-12-4-2-6-14(8-12)18-15-7-3-5-13(9-15)11-17/h2-9,16-17H,10-11H2,1H3. The van der Waals surface area contributed by atoms with Crippen LogP contribution < -0.4 is 10.1 Å². The van der Waals surface area contributed by atoms with Gasteiger partial charge < -0.3 is 15.2 Å². The van der Waals surface area contributed by atoms with Crippen LogP contribution in [0, 0.1) is 0 Å². The van der Waals surface area contributed by atoms with Gasteiger partial charge >= 0.3 is 0 Å². The molecule has 0 amide bonds. The van der Waals surface area contributed by atoms with Gasteiger partial charge in [0.15, 0.2) is 0 Å². The van der Waals surface area contributed by atoms with E-state index < -0.39 is 0 Å². The van der Waals surface area contributed by atoms with E-state index in [9.17, 15) is 0 Å². The van der Waals surface area contributed by atoms with Gasteiger partial charge in [-0.1, -0.05) is 24.3 Å². The first-order valence-corrected chi connectivity index (χ1v) is 5.93. The number of aliphatic hydroxyl groups excluding tert-OH is 1. The van der Waals surface area contributed by atoms with Gasteiger partial charge in [0, 0.05) is 6.54 Å². The van der Waals surface area contributed by atoms with Crippen LogP contribution in [0.1, 0.15) is 11.1 Å². The van der Waals surface area contributed by atoms with Crippen molar-refractivity contribution in [2.45, 2.75) is 13.2 Å². The van der Waals surface area contributed by atoms with E-state index in [4.69, 9.17) is 9.84 Å². The predicted molar refractivity (Wildman–Crippen MR) is 71.6 cm³/mol. The molecule has 2 aromatic rings. The van der Waals surface area contributed by atoms with E-state index in [0.29, 0.717) is 0 Å². The lowest BCUT2D eigenvalue weighted by Crippen LogP contribution is -2.04. The van der Waals surface area contributed by atoms with Gasteiger partial charge in [-0.3, -0.25) is 0 Å². The number of nitrogens with one attached hydrogen (secondary N) is 1. The van der Waals surface area contributed by atoms with Crippen LogP contribution in [0.5, 0.6) is 11.5 Å². The summed E-state index contributed by atoms with van der Waals surface area (Å²) in [6.07, 6.45) is 0. The second kappa shape index (κ2) is 6.19. The lowest BCUT2D eigenvalue weighted by Gasteiger charge is -2.08. The molecule has 2 rings (SSSR count). The summed E-state index contributed by atoms with van der Waals surface area (Å²) in [6.45, 7) is 0.838. The third-order valence-corrected chi connectivity index (χ3v) is 2.60. The maximum Gasteiger partial charge on any atom is 0.127 e. The molecule has 0 saturated carbocycles. The Kier molecular flexibility index (Phi) is 4.34. The average molecular weight is 243 g/mol. The van der Waals surface area contributed by atoms with Crippen molar-refractivity contribution in [2.75, 3.05) is 7.05 Å². The lowest BCUT2D eigenvalue weighted by atomic mass is 10.2. The first-order valence-electron chi connectivity index (χ1n) is 5.93. The molecule has 0 heterocycles. The molecule has 0 fully saturated rings. The van der Waals surface area contributed by atoms with Crippen molar-refractivity contribution < 1.29 is 9.84 Å². The quantitative estimate of drug-likeness (QED) is 0.848. The molecule has 0 aromatic heterocycles. The summed E-state index contributed by atoms with van der Waals surface area (Å²) in [5.74, 6) is 1.54. The van der Waals surface area contributed by atoms with Gasteiger partial charge in [0.25, 0.3) is 0 Å². The number of benzene rings is 2. The second-order valence-corrected chi connectivity index (χ2v) is 4.09. The van der Waals surface area contributed by atoms with Gasteiger partial charge in [-0.05, 0) is 42.4 Å². The summed E-state index contributed by atoms with van der Waals surface area (Å²) < 4.78 is 5.77. The summed E-state index contributed by atoms with van der Waals surface area (Å²) in [4.78, 5) is 0. The SMILES string of the molecule is CNCc1cccc(Oc2cccc(CO)c2)c1. The summed E-state index contributed by atoms with van der Waals surface area (Å²) in [5, 5.41) is 12.2. The van der Waals surface area contributed by atoms with Crippen molar-refractivity contribution >= 4 is 0 Å². The Bertz CT molecular complexity index is 511. The van der Waals surface area contributed by atoms with E-state index >= 15 is 0 Å². The van der Waals surface area contributed by atoms with Crippen molar-refractivity contribution in [3.8, 4) is 11.5 Å². The molecule has 0 radical (unpaired) electrons. The maximum absolute atomic E-state index is 9.08. The van der Waals surface area contributed by atoms with E-state index in [1.54, 1.807) is 0 Å². The molecule has 0 unspecified atom stereocenters. The minimum atomic E-state index is 0.0248. The van der Waals surface area contributed by atoms with E-state index in [0.717, 1.165) is 23.6 Å². The minimum absolute atomic E-state index is 0.0248. The topological polar surface area (TPSA) is 41.5 Å². The number of ether oxygens (including phenoxy) is 1. The zero-order chi connectivity index (χ0) is 12.8. The Hall–Kier alpha value is -1.84. The molecule has 0 saturated heterocycles. The molecule has 0 bridgehead atoms. The molecule has 0 aliphatic carbocycles. The van der Waals surface area contributed by atoms with Crippen LogP contribution >= 0.6 is 0 Å². The number of hydrogen-bond acceptors (Lipinski definition) is 3. The van der Waals surface area contributed by atoms with E-state index in [2.05, 4.69) is 5.32 Å². The molecule has 2 aromatic carbocycles.